The molecular formula is C50H38N4. The minimum atomic E-state index is -0.0816. The molecule has 0 spiro atoms. The van der Waals surface area contributed by atoms with Gasteiger partial charge >= 0.3 is 0 Å². The van der Waals surface area contributed by atoms with Crippen LogP contribution in [0.4, 0.5) is 11.4 Å². The third-order valence-corrected chi connectivity index (χ3v) is 11.5. The van der Waals surface area contributed by atoms with Crippen molar-refractivity contribution in [1.82, 2.24) is 9.13 Å². The van der Waals surface area contributed by atoms with E-state index in [0.717, 1.165) is 17.8 Å². The maximum atomic E-state index is 3.98. The summed E-state index contributed by atoms with van der Waals surface area (Å²) in [6.45, 7) is 0. The zero-order valence-corrected chi connectivity index (χ0v) is 29.7. The van der Waals surface area contributed by atoms with Gasteiger partial charge in [-0.1, -0.05) is 133 Å². The second-order valence-electron chi connectivity index (χ2n) is 14.6. The molecule has 3 atom stereocenters. The number of aromatic nitrogens is 2. The maximum absolute atomic E-state index is 3.98. The van der Waals surface area contributed by atoms with Crippen LogP contribution in [0.2, 0.25) is 0 Å². The molecule has 3 unspecified atom stereocenters. The van der Waals surface area contributed by atoms with Crippen molar-refractivity contribution in [3.8, 4) is 22.3 Å². The van der Waals surface area contributed by atoms with E-state index in [0.29, 0.717) is 6.04 Å². The van der Waals surface area contributed by atoms with Gasteiger partial charge in [0, 0.05) is 32.6 Å². The first-order chi connectivity index (χ1) is 26.8. The smallest absolute Gasteiger partial charge is 0.129 e. The topological polar surface area (TPSA) is 33.9 Å². The van der Waals surface area contributed by atoms with Crippen molar-refractivity contribution in [3.05, 3.63) is 194 Å². The summed E-state index contributed by atoms with van der Waals surface area (Å²) >= 11 is 0. The van der Waals surface area contributed by atoms with Crippen molar-refractivity contribution >= 4 is 55.0 Å². The summed E-state index contributed by atoms with van der Waals surface area (Å²) in [7, 11) is 0. The molecule has 3 heterocycles. The van der Waals surface area contributed by atoms with E-state index < -0.39 is 0 Å². The van der Waals surface area contributed by atoms with Gasteiger partial charge in [0.15, 0.2) is 0 Å². The average molecular weight is 695 g/mol. The SMILES string of the molecule is C1=CCC(n2c3ccccc3c3cc(-c4ccc5c(c4)c4cc(-c6ccccc6)ccc4n5C4Nc5ccccc5NC4c4ccccc4)ccc32)C=C1. The van der Waals surface area contributed by atoms with Gasteiger partial charge in [-0.25, -0.2) is 0 Å². The zero-order chi connectivity index (χ0) is 35.6. The van der Waals surface area contributed by atoms with Crippen molar-refractivity contribution < 1.29 is 0 Å². The molecule has 7 aromatic carbocycles. The second kappa shape index (κ2) is 12.4. The molecule has 0 amide bonds. The van der Waals surface area contributed by atoms with Crippen molar-refractivity contribution in [2.45, 2.75) is 24.7 Å². The van der Waals surface area contributed by atoms with Crippen molar-refractivity contribution in [1.29, 1.82) is 0 Å². The number of benzene rings is 7. The van der Waals surface area contributed by atoms with Gasteiger partial charge in [-0.15, -0.1) is 0 Å². The van der Waals surface area contributed by atoms with Crippen LogP contribution < -0.4 is 10.6 Å². The maximum Gasteiger partial charge on any atom is 0.129 e. The van der Waals surface area contributed by atoms with Gasteiger partial charge < -0.3 is 19.8 Å². The fraction of sp³-hybridized carbons (Fsp3) is 0.0800. The highest BCUT2D eigenvalue weighted by Crippen LogP contribution is 2.45. The number of nitrogens with zero attached hydrogens (tertiary/aromatic N) is 2. The monoisotopic (exact) mass is 694 g/mol. The fourth-order valence-electron chi connectivity index (χ4n) is 9.01. The highest BCUT2D eigenvalue weighted by molar-refractivity contribution is 6.12. The Morgan fingerprint density at radius 1 is 0.426 bits per heavy atom. The van der Waals surface area contributed by atoms with Crippen LogP contribution in [0.15, 0.2) is 188 Å². The Hall–Kier alpha value is -6.78. The molecule has 4 heteroatoms. The van der Waals surface area contributed by atoms with Crippen LogP contribution in [0.25, 0.3) is 65.9 Å². The quantitative estimate of drug-likeness (QED) is 0.188. The molecule has 258 valence electrons. The molecule has 0 saturated heterocycles. The summed E-state index contributed by atoms with van der Waals surface area (Å²) in [6, 6.07) is 60.3. The van der Waals surface area contributed by atoms with E-state index in [4.69, 9.17) is 0 Å². The van der Waals surface area contributed by atoms with Crippen LogP contribution >= 0.6 is 0 Å². The van der Waals surface area contributed by atoms with Gasteiger partial charge in [0.1, 0.15) is 6.17 Å². The molecule has 4 nitrogen and oxygen atoms in total. The lowest BCUT2D eigenvalue weighted by Gasteiger charge is -2.38. The number of anilines is 2. The van der Waals surface area contributed by atoms with E-state index in [2.05, 4.69) is 208 Å². The standard InChI is InChI=1S/C50H38N4/c1-4-14-33(15-5-1)35-24-28-47-41(30-35)42-32-37(36-25-27-46-40(31-36)39-20-10-13-23-45(39)53(46)38-18-8-3-9-19-38)26-29-48(42)54(47)50-49(34-16-6-2-7-17-34)51-43-21-11-12-22-44(43)52-50/h1-18,20-32,38,49-52H,19H2. The van der Waals surface area contributed by atoms with Gasteiger partial charge in [0.2, 0.25) is 0 Å². The lowest BCUT2D eigenvalue weighted by molar-refractivity contribution is 0.506. The van der Waals surface area contributed by atoms with Gasteiger partial charge in [-0.2, -0.15) is 0 Å². The fourth-order valence-corrected chi connectivity index (χ4v) is 9.01. The van der Waals surface area contributed by atoms with Crippen molar-refractivity contribution in [2.75, 3.05) is 10.6 Å². The van der Waals surface area contributed by atoms with Gasteiger partial charge in [-0.05, 0) is 88.8 Å². The Morgan fingerprint density at radius 2 is 0.963 bits per heavy atom. The Labute approximate surface area is 314 Å². The molecule has 0 fully saturated rings. The van der Waals surface area contributed by atoms with Crippen LogP contribution in [0.3, 0.4) is 0 Å². The molecule has 0 bridgehead atoms. The Morgan fingerprint density at radius 3 is 1.63 bits per heavy atom. The largest absolute Gasteiger partial charge is 0.373 e. The van der Waals surface area contributed by atoms with Gasteiger partial charge in [-0.3, -0.25) is 0 Å². The summed E-state index contributed by atoms with van der Waals surface area (Å²) in [4.78, 5) is 0. The molecule has 1 aliphatic carbocycles. The number of hydrogen-bond donors (Lipinski definition) is 2. The molecule has 0 radical (unpaired) electrons. The van der Waals surface area contributed by atoms with Crippen LogP contribution in [0.5, 0.6) is 0 Å². The van der Waals surface area contributed by atoms with Gasteiger partial charge in [0.25, 0.3) is 0 Å². The van der Waals surface area contributed by atoms with Crippen LogP contribution in [-0.4, -0.2) is 9.13 Å². The first kappa shape index (κ1) is 30.8. The Kier molecular flexibility index (Phi) is 7.09. The summed E-state index contributed by atoms with van der Waals surface area (Å²) in [6.07, 6.45) is 9.85. The summed E-state index contributed by atoms with van der Waals surface area (Å²) in [5.41, 5.74) is 13.3. The molecule has 54 heavy (non-hydrogen) atoms. The zero-order valence-electron chi connectivity index (χ0n) is 29.7. The molecule has 1 aliphatic heterocycles. The lowest BCUT2D eigenvalue weighted by atomic mass is 9.99. The average Bonchev–Trinajstić information content (AvgIpc) is 3.76. The summed E-state index contributed by atoms with van der Waals surface area (Å²) in [5.74, 6) is 0. The van der Waals surface area contributed by atoms with Crippen molar-refractivity contribution in [2.24, 2.45) is 0 Å². The predicted octanol–water partition coefficient (Wildman–Crippen LogP) is 13.1. The number of rotatable bonds is 5. The highest BCUT2D eigenvalue weighted by atomic mass is 15.3. The van der Waals surface area contributed by atoms with Crippen LogP contribution in [0.1, 0.15) is 30.2 Å². The highest BCUT2D eigenvalue weighted by Gasteiger charge is 2.32. The normalized spacial score (nSPS) is 17.9. The minimum absolute atomic E-state index is 0.00241. The van der Waals surface area contributed by atoms with Gasteiger partial charge in [0.05, 0.1) is 34.5 Å². The number of allylic oxidation sites excluding steroid dienone is 4. The third kappa shape index (κ3) is 4.91. The van der Waals surface area contributed by atoms with E-state index in [1.54, 1.807) is 0 Å². The van der Waals surface area contributed by atoms with Crippen molar-refractivity contribution in [3.63, 3.8) is 0 Å². The number of hydrogen-bond acceptors (Lipinski definition) is 2. The molecule has 2 N–H and O–H groups in total. The molecule has 9 aromatic rings. The van der Waals surface area contributed by atoms with Crippen LogP contribution in [-0.2, 0) is 0 Å². The molecule has 2 aliphatic rings. The van der Waals surface area contributed by atoms with E-state index in [1.807, 2.05) is 0 Å². The summed E-state index contributed by atoms with van der Waals surface area (Å²) in [5, 5.41) is 13.0. The molecule has 2 aromatic heterocycles. The first-order valence-corrected chi connectivity index (χ1v) is 19.0. The van der Waals surface area contributed by atoms with E-state index >= 15 is 0 Å². The Balaban J connectivity index is 1.12. The first-order valence-electron chi connectivity index (χ1n) is 19.0. The molecular weight excluding hydrogens is 657 g/mol. The second-order valence-corrected chi connectivity index (χ2v) is 14.6. The molecule has 11 rings (SSSR count). The number of fused-ring (bicyclic) bond motifs is 7. The minimum Gasteiger partial charge on any atom is -0.373 e. The van der Waals surface area contributed by atoms with E-state index in [-0.39, 0.29) is 12.2 Å². The lowest BCUT2D eigenvalue weighted by Crippen LogP contribution is -2.34. The predicted molar refractivity (Wildman–Crippen MR) is 227 cm³/mol. The molecule has 0 saturated carbocycles. The number of nitrogens with one attached hydrogen (secondary N) is 2. The van der Waals surface area contributed by atoms with Crippen LogP contribution in [0, 0.1) is 0 Å². The summed E-state index contributed by atoms with van der Waals surface area (Å²) < 4.78 is 5.04. The number of para-hydroxylation sites is 3. The van der Waals surface area contributed by atoms with E-state index in [9.17, 15) is 0 Å². The van der Waals surface area contributed by atoms with E-state index in [1.165, 1.54) is 71.4 Å². The third-order valence-electron chi connectivity index (χ3n) is 11.5. The Bertz CT molecular complexity index is 2930.